The third kappa shape index (κ3) is 2.17. The molecule has 0 radical (unpaired) electrons. The van der Waals surface area contributed by atoms with Crippen molar-refractivity contribution in [2.45, 2.75) is 13.0 Å². The predicted molar refractivity (Wildman–Crippen MR) is 69.8 cm³/mol. The quantitative estimate of drug-likeness (QED) is 0.886. The van der Waals surface area contributed by atoms with Crippen LogP contribution in [0.15, 0.2) is 35.8 Å². The smallest absolute Gasteiger partial charge is 0.123 e. The van der Waals surface area contributed by atoms with Crippen LogP contribution in [0.5, 0.6) is 0 Å². The predicted octanol–water partition coefficient (Wildman–Crippen LogP) is 2.92. The van der Waals surface area contributed by atoms with E-state index in [0.717, 1.165) is 5.69 Å². The van der Waals surface area contributed by atoms with Crippen molar-refractivity contribution in [2.24, 2.45) is 0 Å². The van der Waals surface area contributed by atoms with Gasteiger partial charge in [0.05, 0.1) is 17.9 Å². The van der Waals surface area contributed by atoms with Crippen LogP contribution in [-0.2, 0) is 0 Å². The zero-order valence-corrected chi connectivity index (χ0v) is 10.2. The van der Waals surface area contributed by atoms with Crippen molar-refractivity contribution in [3.63, 3.8) is 0 Å². The van der Waals surface area contributed by atoms with Gasteiger partial charge >= 0.3 is 0 Å². The highest BCUT2D eigenvalue weighted by Crippen LogP contribution is 2.27. The number of nitrogens with two attached hydrogens (primary N) is 1. The molecule has 1 atom stereocenters. The maximum absolute atomic E-state index is 5.57. The van der Waals surface area contributed by atoms with Crippen LogP contribution in [0.4, 0.5) is 11.5 Å². The minimum absolute atomic E-state index is 0.352. The lowest BCUT2D eigenvalue weighted by Crippen LogP contribution is -2.20. The summed E-state index contributed by atoms with van der Waals surface area (Å²) in [6.45, 7) is 2.18. The van der Waals surface area contributed by atoms with Gasteiger partial charge in [0.1, 0.15) is 5.82 Å². The molecular formula is C12H15N3S. The molecule has 2 N–H and O–H groups in total. The molecule has 0 fully saturated rings. The van der Waals surface area contributed by atoms with E-state index in [-0.39, 0.29) is 0 Å². The van der Waals surface area contributed by atoms with Crippen molar-refractivity contribution < 1.29 is 0 Å². The summed E-state index contributed by atoms with van der Waals surface area (Å²) in [7, 11) is 2.07. The van der Waals surface area contributed by atoms with E-state index in [4.69, 9.17) is 5.73 Å². The number of anilines is 2. The molecule has 0 saturated heterocycles. The summed E-state index contributed by atoms with van der Waals surface area (Å²) in [5, 5.41) is 2.10. The number of hydrogen-bond acceptors (Lipinski definition) is 4. The van der Waals surface area contributed by atoms with Crippen molar-refractivity contribution in [3.8, 4) is 0 Å². The third-order valence-corrected chi connectivity index (χ3v) is 3.76. The van der Waals surface area contributed by atoms with Crippen LogP contribution >= 0.6 is 11.3 Å². The lowest BCUT2D eigenvalue weighted by Gasteiger charge is -2.25. The number of rotatable bonds is 3. The maximum atomic E-state index is 5.57. The molecule has 2 heterocycles. The zero-order chi connectivity index (χ0) is 11.5. The fourth-order valence-corrected chi connectivity index (χ4v) is 2.38. The lowest BCUT2D eigenvalue weighted by atomic mass is 10.2. The SMILES string of the molecule is CC(c1cccs1)N(C)c1ccc(N)nc1. The van der Waals surface area contributed by atoms with Gasteiger partial charge < -0.3 is 10.6 Å². The minimum atomic E-state index is 0.352. The van der Waals surface area contributed by atoms with Gasteiger partial charge in [-0.1, -0.05) is 6.07 Å². The van der Waals surface area contributed by atoms with E-state index >= 15 is 0 Å². The van der Waals surface area contributed by atoms with Gasteiger partial charge in [0.15, 0.2) is 0 Å². The maximum Gasteiger partial charge on any atom is 0.123 e. The van der Waals surface area contributed by atoms with E-state index < -0.39 is 0 Å². The van der Waals surface area contributed by atoms with Crippen LogP contribution in [-0.4, -0.2) is 12.0 Å². The van der Waals surface area contributed by atoms with Gasteiger partial charge in [-0.3, -0.25) is 0 Å². The summed E-state index contributed by atoms with van der Waals surface area (Å²) < 4.78 is 0. The number of thiophene rings is 1. The van der Waals surface area contributed by atoms with Crippen molar-refractivity contribution in [1.29, 1.82) is 0 Å². The van der Waals surface area contributed by atoms with Crippen LogP contribution < -0.4 is 10.6 Å². The van der Waals surface area contributed by atoms with Gasteiger partial charge in [0, 0.05) is 11.9 Å². The van der Waals surface area contributed by atoms with Crippen molar-refractivity contribution in [2.75, 3.05) is 17.7 Å². The van der Waals surface area contributed by atoms with Gasteiger partial charge in [-0.2, -0.15) is 0 Å². The average Bonchev–Trinajstić information content (AvgIpc) is 2.81. The van der Waals surface area contributed by atoms with E-state index in [1.807, 2.05) is 12.1 Å². The van der Waals surface area contributed by atoms with Crippen molar-refractivity contribution in [3.05, 3.63) is 40.7 Å². The lowest BCUT2D eigenvalue weighted by molar-refractivity contribution is 0.752. The molecule has 84 valence electrons. The normalized spacial score (nSPS) is 12.4. The summed E-state index contributed by atoms with van der Waals surface area (Å²) in [5.41, 5.74) is 6.65. The molecule has 0 aromatic carbocycles. The van der Waals surface area contributed by atoms with Crippen LogP contribution in [0.25, 0.3) is 0 Å². The standard InChI is InChI=1S/C12H15N3S/c1-9(11-4-3-7-16-11)15(2)10-5-6-12(13)14-8-10/h3-9H,1-2H3,(H2,13,14). The highest BCUT2D eigenvalue weighted by molar-refractivity contribution is 7.10. The highest BCUT2D eigenvalue weighted by Gasteiger charge is 2.13. The number of pyridine rings is 1. The molecule has 0 spiro atoms. The minimum Gasteiger partial charge on any atom is -0.384 e. The monoisotopic (exact) mass is 233 g/mol. The first-order valence-corrected chi connectivity index (χ1v) is 6.04. The first kappa shape index (κ1) is 11.0. The van der Waals surface area contributed by atoms with Gasteiger partial charge in [-0.25, -0.2) is 4.98 Å². The van der Waals surface area contributed by atoms with Crippen LogP contribution in [0.3, 0.4) is 0 Å². The molecule has 2 aromatic heterocycles. The van der Waals surface area contributed by atoms with E-state index in [0.29, 0.717) is 11.9 Å². The third-order valence-electron chi connectivity index (χ3n) is 2.71. The summed E-state index contributed by atoms with van der Waals surface area (Å²) in [6, 6.07) is 8.40. The van der Waals surface area contributed by atoms with Gasteiger partial charge in [-0.15, -0.1) is 11.3 Å². The summed E-state index contributed by atoms with van der Waals surface area (Å²) in [5.74, 6) is 0.556. The van der Waals surface area contributed by atoms with Gasteiger partial charge in [-0.05, 0) is 30.5 Å². The molecule has 0 aliphatic heterocycles. The second kappa shape index (κ2) is 4.53. The first-order chi connectivity index (χ1) is 7.68. The second-order valence-corrected chi connectivity index (χ2v) is 4.72. The van der Waals surface area contributed by atoms with E-state index in [1.165, 1.54) is 4.88 Å². The van der Waals surface area contributed by atoms with Crippen molar-refractivity contribution >= 4 is 22.8 Å². The Balaban J connectivity index is 2.19. The average molecular weight is 233 g/mol. The Kier molecular flexibility index (Phi) is 3.10. The van der Waals surface area contributed by atoms with Crippen LogP contribution in [0, 0.1) is 0 Å². The topological polar surface area (TPSA) is 42.1 Å². The second-order valence-electron chi connectivity index (χ2n) is 3.74. The molecule has 1 unspecified atom stereocenters. The fourth-order valence-electron chi connectivity index (χ4n) is 1.55. The van der Waals surface area contributed by atoms with E-state index in [2.05, 4.69) is 41.4 Å². The Labute approximate surface area is 99.5 Å². The number of nitrogens with zero attached hydrogens (tertiary/aromatic N) is 2. The number of aromatic nitrogens is 1. The summed E-state index contributed by atoms with van der Waals surface area (Å²) >= 11 is 1.77. The molecule has 0 saturated carbocycles. The Hall–Kier alpha value is -1.55. The fraction of sp³-hybridized carbons (Fsp3) is 0.250. The Morgan fingerprint density at radius 3 is 2.75 bits per heavy atom. The first-order valence-electron chi connectivity index (χ1n) is 5.16. The largest absolute Gasteiger partial charge is 0.384 e. The molecule has 3 nitrogen and oxygen atoms in total. The molecule has 0 aliphatic rings. The van der Waals surface area contributed by atoms with Crippen LogP contribution in [0.2, 0.25) is 0 Å². The molecular weight excluding hydrogens is 218 g/mol. The van der Waals surface area contributed by atoms with Gasteiger partial charge in [0.25, 0.3) is 0 Å². The highest BCUT2D eigenvalue weighted by atomic mass is 32.1. The Morgan fingerprint density at radius 1 is 1.38 bits per heavy atom. The number of nitrogen functional groups attached to an aromatic ring is 1. The molecule has 2 aromatic rings. The molecule has 0 amide bonds. The molecule has 16 heavy (non-hydrogen) atoms. The Morgan fingerprint density at radius 2 is 2.19 bits per heavy atom. The van der Waals surface area contributed by atoms with Crippen molar-refractivity contribution in [1.82, 2.24) is 4.98 Å². The van der Waals surface area contributed by atoms with Crippen LogP contribution in [0.1, 0.15) is 17.8 Å². The summed E-state index contributed by atoms with van der Waals surface area (Å²) in [4.78, 5) is 7.64. The van der Waals surface area contributed by atoms with E-state index in [9.17, 15) is 0 Å². The molecule has 2 rings (SSSR count). The summed E-state index contributed by atoms with van der Waals surface area (Å²) in [6.07, 6.45) is 1.80. The molecule has 0 aliphatic carbocycles. The zero-order valence-electron chi connectivity index (χ0n) is 9.42. The van der Waals surface area contributed by atoms with E-state index in [1.54, 1.807) is 17.5 Å². The molecule has 0 bridgehead atoms. The number of hydrogen-bond donors (Lipinski definition) is 1. The Bertz CT molecular complexity index is 436. The van der Waals surface area contributed by atoms with Gasteiger partial charge in [0.2, 0.25) is 0 Å². The molecule has 4 heteroatoms.